The standard InChI is InChI=1S/C21H21NO5S/c1-26-21(25)18-11-15-5-3-4-6-16(15)12-22(18)19(23)13-27-20(24)14-7-9-17(28-2)10-8-14/h3-10,18H,11-13H2,1-2H3/t18-/m0/s1. The Hall–Kier alpha value is -2.80. The Bertz CT molecular complexity index is 881. The fraction of sp³-hybridized carbons (Fsp3) is 0.286. The summed E-state index contributed by atoms with van der Waals surface area (Å²) in [6.45, 7) is -0.159. The van der Waals surface area contributed by atoms with Crippen molar-refractivity contribution in [2.24, 2.45) is 0 Å². The molecule has 1 aliphatic heterocycles. The van der Waals surface area contributed by atoms with E-state index in [2.05, 4.69) is 0 Å². The maximum Gasteiger partial charge on any atom is 0.338 e. The molecule has 0 aliphatic carbocycles. The van der Waals surface area contributed by atoms with Gasteiger partial charge in [-0.15, -0.1) is 11.8 Å². The quantitative estimate of drug-likeness (QED) is 0.569. The number of benzene rings is 2. The minimum Gasteiger partial charge on any atom is -0.467 e. The predicted molar refractivity (Wildman–Crippen MR) is 105 cm³/mol. The lowest BCUT2D eigenvalue weighted by Crippen LogP contribution is -2.50. The fourth-order valence-electron chi connectivity index (χ4n) is 3.15. The Balaban J connectivity index is 1.69. The number of hydrogen-bond donors (Lipinski definition) is 0. The molecule has 0 N–H and O–H groups in total. The molecule has 0 bridgehead atoms. The largest absolute Gasteiger partial charge is 0.467 e. The van der Waals surface area contributed by atoms with E-state index >= 15 is 0 Å². The molecule has 0 saturated carbocycles. The van der Waals surface area contributed by atoms with Crippen LogP contribution in [0.3, 0.4) is 0 Å². The number of ether oxygens (including phenoxy) is 2. The van der Waals surface area contributed by atoms with Crippen molar-refractivity contribution < 1.29 is 23.9 Å². The minimum absolute atomic E-state index is 0.273. The molecule has 1 amide bonds. The summed E-state index contributed by atoms with van der Waals surface area (Å²) in [5, 5.41) is 0. The molecule has 0 fully saturated rings. The molecule has 146 valence electrons. The molecule has 0 radical (unpaired) electrons. The molecule has 2 aromatic carbocycles. The summed E-state index contributed by atoms with van der Waals surface area (Å²) in [4.78, 5) is 39.6. The molecule has 2 aromatic rings. The Labute approximate surface area is 167 Å². The van der Waals surface area contributed by atoms with E-state index in [1.165, 1.54) is 12.0 Å². The van der Waals surface area contributed by atoms with Crippen LogP contribution >= 0.6 is 11.8 Å². The molecule has 0 unspecified atom stereocenters. The smallest absolute Gasteiger partial charge is 0.338 e. The maximum atomic E-state index is 12.7. The van der Waals surface area contributed by atoms with Crippen LogP contribution in [0.2, 0.25) is 0 Å². The molecule has 0 aromatic heterocycles. The van der Waals surface area contributed by atoms with Gasteiger partial charge in [0.2, 0.25) is 0 Å². The first-order chi connectivity index (χ1) is 13.5. The van der Waals surface area contributed by atoms with E-state index in [9.17, 15) is 14.4 Å². The van der Waals surface area contributed by atoms with Gasteiger partial charge in [0, 0.05) is 17.9 Å². The van der Waals surface area contributed by atoms with Gasteiger partial charge in [0.25, 0.3) is 5.91 Å². The van der Waals surface area contributed by atoms with Gasteiger partial charge in [0.05, 0.1) is 12.7 Å². The van der Waals surface area contributed by atoms with Crippen molar-refractivity contribution in [2.45, 2.75) is 23.9 Å². The molecular weight excluding hydrogens is 378 g/mol. The van der Waals surface area contributed by atoms with E-state index in [-0.39, 0.29) is 6.54 Å². The van der Waals surface area contributed by atoms with E-state index in [1.807, 2.05) is 42.7 Å². The first-order valence-electron chi connectivity index (χ1n) is 8.78. The molecule has 1 heterocycles. The highest BCUT2D eigenvalue weighted by Crippen LogP contribution is 2.24. The van der Waals surface area contributed by atoms with Crippen LogP contribution in [0, 0.1) is 0 Å². The van der Waals surface area contributed by atoms with Crippen molar-refractivity contribution in [1.82, 2.24) is 4.90 Å². The van der Waals surface area contributed by atoms with E-state index in [0.29, 0.717) is 12.0 Å². The zero-order valence-corrected chi connectivity index (χ0v) is 16.5. The van der Waals surface area contributed by atoms with Crippen LogP contribution in [0.5, 0.6) is 0 Å². The van der Waals surface area contributed by atoms with Gasteiger partial charge in [-0.05, 0) is 41.6 Å². The average molecular weight is 399 g/mol. The van der Waals surface area contributed by atoms with Crippen LogP contribution < -0.4 is 0 Å². The minimum atomic E-state index is -0.730. The summed E-state index contributed by atoms with van der Waals surface area (Å²) in [5.41, 5.74) is 2.35. The van der Waals surface area contributed by atoms with Gasteiger partial charge in [0.1, 0.15) is 6.04 Å². The van der Waals surface area contributed by atoms with Crippen molar-refractivity contribution >= 4 is 29.6 Å². The molecule has 6 nitrogen and oxygen atoms in total. The van der Waals surface area contributed by atoms with Crippen LogP contribution in [0.25, 0.3) is 0 Å². The Morgan fingerprint density at radius 2 is 1.75 bits per heavy atom. The van der Waals surface area contributed by atoms with Crippen LogP contribution in [-0.4, -0.2) is 48.8 Å². The topological polar surface area (TPSA) is 72.9 Å². The third kappa shape index (κ3) is 4.36. The van der Waals surface area contributed by atoms with Crippen LogP contribution in [-0.2, 0) is 32.0 Å². The van der Waals surface area contributed by atoms with E-state index < -0.39 is 30.5 Å². The lowest BCUT2D eigenvalue weighted by atomic mass is 9.94. The van der Waals surface area contributed by atoms with Crippen LogP contribution in [0.1, 0.15) is 21.5 Å². The number of fused-ring (bicyclic) bond motifs is 1. The second kappa shape index (κ2) is 8.93. The van der Waals surface area contributed by atoms with Gasteiger partial charge in [-0.25, -0.2) is 9.59 Å². The number of rotatable bonds is 5. The third-order valence-electron chi connectivity index (χ3n) is 4.69. The molecule has 0 saturated heterocycles. The highest BCUT2D eigenvalue weighted by Gasteiger charge is 2.35. The number of carbonyl (C=O) groups excluding carboxylic acids is 3. The molecule has 3 rings (SSSR count). The molecule has 7 heteroatoms. The Kier molecular flexibility index (Phi) is 6.36. The first-order valence-corrected chi connectivity index (χ1v) is 10.0. The number of methoxy groups -OCH3 is 1. The highest BCUT2D eigenvalue weighted by atomic mass is 32.2. The van der Waals surface area contributed by atoms with Crippen molar-refractivity contribution in [3.8, 4) is 0 Å². The Morgan fingerprint density at radius 3 is 2.39 bits per heavy atom. The summed E-state index contributed by atoms with van der Waals surface area (Å²) in [6.07, 6.45) is 2.32. The van der Waals surface area contributed by atoms with Gasteiger partial charge in [-0.2, -0.15) is 0 Å². The number of nitrogens with zero attached hydrogens (tertiary/aromatic N) is 1. The van der Waals surface area contributed by atoms with Gasteiger partial charge in [0.15, 0.2) is 6.61 Å². The number of carbonyl (C=O) groups is 3. The Morgan fingerprint density at radius 1 is 1.07 bits per heavy atom. The highest BCUT2D eigenvalue weighted by molar-refractivity contribution is 7.98. The van der Waals surface area contributed by atoms with Gasteiger partial charge in [-0.1, -0.05) is 24.3 Å². The molecule has 28 heavy (non-hydrogen) atoms. The molecule has 1 atom stereocenters. The third-order valence-corrected chi connectivity index (χ3v) is 5.44. The first kappa shape index (κ1) is 19.9. The summed E-state index contributed by atoms with van der Waals surface area (Å²) < 4.78 is 10.0. The SMILES string of the molecule is COC(=O)[C@@H]1Cc2ccccc2CN1C(=O)COC(=O)c1ccc(SC)cc1. The molecule has 1 aliphatic rings. The molecule has 0 spiro atoms. The number of esters is 2. The van der Waals surface area contributed by atoms with Crippen molar-refractivity contribution in [3.63, 3.8) is 0 Å². The summed E-state index contributed by atoms with van der Waals surface area (Å²) in [6, 6.07) is 13.9. The predicted octanol–water partition coefficient (Wildman–Crippen LogP) is 2.69. The van der Waals surface area contributed by atoms with Gasteiger partial charge >= 0.3 is 11.9 Å². The van der Waals surface area contributed by atoms with Crippen molar-refractivity contribution in [1.29, 1.82) is 0 Å². The second-order valence-corrected chi connectivity index (χ2v) is 7.22. The van der Waals surface area contributed by atoms with Crippen molar-refractivity contribution in [3.05, 3.63) is 65.2 Å². The zero-order valence-electron chi connectivity index (χ0n) is 15.7. The number of hydrogen-bond acceptors (Lipinski definition) is 6. The summed E-state index contributed by atoms with van der Waals surface area (Å²) in [5.74, 6) is -1.49. The van der Waals surface area contributed by atoms with E-state index in [0.717, 1.165) is 16.0 Å². The summed E-state index contributed by atoms with van der Waals surface area (Å²) >= 11 is 1.57. The lowest BCUT2D eigenvalue weighted by Gasteiger charge is -2.35. The van der Waals surface area contributed by atoms with Crippen LogP contribution in [0.15, 0.2) is 53.4 Å². The zero-order chi connectivity index (χ0) is 20.1. The molecular formula is C21H21NO5S. The fourth-order valence-corrected chi connectivity index (χ4v) is 3.56. The van der Waals surface area contributed by atoms with E-state index in [4.69, 9.17) is 9.47 Å². The van der Waals surface area contributed by atoms with Gasteiger partial charge in [-0.3, -0.25) is 4.79 Å². The normalized spacial score (nSPS) is 15.5. The average Bonchev–Trinajstić information content (AvgIpc) is 2.75. The number of amides is 1. The second-order valence-electron chi connectivity index (χ2n) is 6.34. The van der Waals surface area contributed by atoms with Crippen molar-refractivity contribution in [2.75, 3.05) is 20.0 Å². The van der Waals surface area contributed by atoms with E-state index in [1.54, 1.807) is 23.9 Å². The van der Waals surface area contributed by atoms with Gasteiger partial charge < -0.3 is 14.4 Å². The maximum absolute atomic E-state index is 12.7. The van der Waals surface area contributed by atoms with Crippen LogP contribution in [0.4, 0.5) is 0 Å². The number of thioether (sulfide) groups is 1. The lowest BCUT2D eigenvalue weighted by molar-refractivity contribution is -0.155. The monoisotopic (exact) mass is 399 g/mol. The summed E-state index contributed by atoms with van der Waals surface area (Å²) in [7, 11) is 1.30.